The maximum atomic E-state index is 12.7. The van der Waals surface area contributed by atoms with Crippen molar-refractivity contribution in [3.05, 3.63) is 42.0 Å². The molecule has 2 aliphatic rings. The number of carbonyl (C=O) groups is 4. The highest BCUT2D eigenvalue weighted by molar-refractivity contribution is 6.37. The van der Waals surface area contributed by atoms with Gasteiger partial charge in [0.25, 0.3) is 17.7 Å². The van der Waals surface area contributed by atoms with Gasteiger partial charge in [-0.25, -0.2) is 4.79 Å². The summed E-state index contributed by atoms with van der Waals surface area (Å²) in [5, 5.41) is 7.21. The SMILES string of the molecule is C=CCC#C[C@]1(CN2Cc3ccc(OC)cc3C2=O)NC(=O)NC1=O.CCN=C(C)C(=O)NC. The minimum absolute atomic E-state index is 0.0372. The normalized spacial score (nSPS) is 18.5. The van der Waals surface area contributed by atoms with Crippen LogP contribution < -0.4 is 20.7 Å². The molecule has 180 valence electrons. The van der Waals surface area contributed by atoms with Gasteiger partial charge in [0.2, 0.25) is 0 Å². The van der Waals surface area contributed by atoms with Crippen molar-refractivity contribution in [1.29, 1.82) is 0 Å². The van der Waals surface area contributed by atoms with E-state index in [2.05, 4.69) is 39.4 Å². The molecule has 3 N–H and O–H groups in total. The van der Waals surface area contributed by atoms with Crippen LogP contribution in [0.3, 0.4) is 0 Å². The van der Waals surface area contributed by atoms with E-state index < -0.39 is 17.5 Å². The first-order valence-electron chi connectivity index (χ1n) is 10.6. The summed E-state index contributed by atoms with van der Waals surface area (Å²) in [4.78, 5) is 52.6. The van der Waals surface area contributed by atoms with E-state index in [4.69, 9.17) is 4.74 Å². The van der Waals surface area contributed by atoms with Gasteiger partial charge in [-0.3, -0.25) is 24.7 Å². The molecule has 10 nitrogen and oxygen atoms in total. The second-order valence-corrected chi connectivity index (χ2v) is 7.43. The van der Waals surface area contributed by atoms with Gasteiger partial charge in [0, 0.05) is 32.1 Å². The first-order valence-corrected chi connectivity index (χ1v) is 10.6. The predicted molar refractivity (Wildman–Crippen MR) is 127 cm³/mol. The zero-order valence-corrected chi connectivity index (χ0v) is 19.8. The number of hydrogen-bond donors (Lipinski definition) is 3. The Labute approximate surface area is 198 Å². The average molecular weight is 468 g/mol. The van der Waals surface area contributed by atoms with Gasteiger partial charge in [0.1, 0.15) is 5.75 Å². The Morgan fingerprint density at radius 2 is 2.12 bits per heavy atom. The second kappa shape index (κ2) is 11.7. The number of nitrogens with zero attached hydrogens (tertiary/aromatic N) is 2. The van der Waals surface area contributed by atoms with Crippen molar-refractivity contribution in [3.63, 3.8) is 0 Å². The largest absolute Gasteiger partial charge is 0.497 e. The highest BCUT2D eigenvalue weighted by atomic mass is 16.5. The first kappa shape index (κ1) is 26.1. The van der Waals surface area contributed by atoms with E-state index in [1.165, 1.54) is 12.0 Å². The van der Waals surface area contributed by atoms with Crippen LogP contribution in [0.5, 0.6) is 5.75 Å². The Kier molecular flexibility index (Phi) is 8.95. The molecule has 0 unspecified atom stereocenters. The molecule has 2 heterocycles. The minimum Gasteiger partial charge on any atom is -0.497 e. The summed E-state index contributed by atoms with van der Waals surface area (Å²) in [6.45, 7) is 8.13. The quantitative estimate of drug-likeness (QED) is 0.249. The molecule has 0 aromatic heterocycles. The Morgan fingerprint density at radius 3 is 2.68 bits per heavy atom. The molecule has 5 amide bonds. The fourth-order valence-electron chi connectivity index (χ4n) is 3.38. The Balaban J connectivity index is 0.000000387. The molecule has 2 aliphatic heterocycles. The van der Waals surface area contributed by atoms with E-state index in [0.717, 1.165) is 5.56 Å². The molecule has 3 rings (SSSR count). The Bertz CT molecular complexity index is 1080. The van der Waals surface area contributed by atoms with E-state index >= 15 is 0 Å². The van der Waals surface area contributed by atoms with E-state index in [1.807, 2.05) is 13.0 Å². The predicted octanol–water partition coefficient (Wildman–Crippen LogP) is 1.02. The lowest BCUT2D eigenvalue weighted by atomic mass is 9.99. The highest BCUT2D eigenvalue weighted by Crippen LogP contribution is 2.28. The molecule has 1 saturated heterocycles. The molecule has 1 aromatic carbocycles. The number of amides is 5. The monoisotopic (exact) mass is 467 g/mol. The molecule has 1 atom stereocenters. The Hall–Kier alpha value is -4.13. The molecule has 1 aromatic rings. The van der Waals surface area contributed by atoms with Gasteiger partial charge in [-0.15, -0.1) is 6.58 Å². The number of aliphatic imine (C=N–C) groups is 1. The molecule has 10 heteroatoms. The molecule has 0 bridgehead atoms. The summed E-state index contributed by atoms with van der Waals surface area (Å²) >= 11 is 0. The summed E-state index contributed by atoms with van der Waals surface area (Å²) < 4.78 is 5.15. The number of ether oxygens (including phenoxy) is 1. The number of rotatable bonds is 6. The van der Waals surface area contributed by atoms with Crippen LogP contribution in [0.4, 0.5) is 4.79 Å². The third-order valence-electron chi connectivity index (χ3n) is 5.06. The topological polar surface area (TPSA) is 129 Å². The number of imide groups is 1. The van der Waals surface area contributed by atoms with Crippen molar-refractivity contribution >= 4 is 29.5 Å². The molecule has 34 heavy (non-hydrogen) atoms. The Morgan fingerprint density at radius 1 is 1.38 bits per heavy atom. The molecule has 0 radical (unpaired) electrons. The second-order valence-electron chi connectivity index (χ2n) is 7.43. The number of benzene rings is 1. The minimum atomic E-state index is -1.46. The third-order valence-corrected chi connectivity index (χ3v) is 5.06. The van der Waals surface area contributed by atoms with Gasteiger partial charge >= 0.3 is 6.03 Å². The lowest BCUT2D eigenvalue weighted by Crippen LogP contribution is -2.54. The van der Waals surface area contributed by atoms with Crippen LogP contribution in [-0.2, 0) is 16.1 Å². The van der Waals surface area contributed by atoms with Crippen LogP contribution in [0.25, 0.3) is 0 Å². The molecule has 1 fully saturated rings. The van der Waals surface area contributed by atoms with Gasteiger partial charge in [0.05, 0.1) is 19.4 Å². The van der Waals surface area contributed by atoms with E-state index in [1.54, 1.807) is 32.2 Å². The van der Waals surface area contributed by atoms with Gasteiger partial charge in [-0.1, -0.05) is 24.0 Å². The lowest BCUT2D eigenvalue weighted by Gasteiger charge is -2.26. The number of nitrogens with one attached hydrogen (secondary N) is 3. The van der Waals surface area contributed by atoms with Crippen LogP contribution >= 0.6 is 0 Å². The zero-order chi connectivity index (χ0) is 25.3. The van der Waals surface area contributed by atoms with Crippen LogP contribution in [0.15, 0.2) is 35.8 Å². The van der Waals surface area contributed by atoms with Gasteiger partial charge in [0.15, 0.2) is 5.54 Å². The van der Waals surface area contributed by atoms with Crippen molar-refractivity contribution in [2.24, 2.45) is 4.99 Å². The van der Waals surface area contributed by atoms with Gasteiger partial charge in [-0.05, 0) is 31.5 Å². The van der Waals surface area contributed by atoms with Crippen LogP contribution in [0.1, 0.15) is 36.2 Å². The maximum Gasteiger partial charge on any atom is 0.323 e. The first-order chi connectivity index (χ1) is 16.2. The molecule has 0 saturated carbocycles. The van der Waals surface area contributed by atoms with E-state index in [-0.39, 0.29) is 18.4 Å². The molecule has 0 spiro atoms. The van der Waals surface area contributed by atoms with Crippen LogP contribution in [0, 0.1) is 11.8 Å². The number of methoxy groups -OCH3 is 1. The van der Waals surface area contributed by atoms with Crippen molar-refractivity contribution < 1.29 is 23.9 Å². The number of carbonyl (C=O) groups excluding carboxylic acids is 4. The fraction of sp³-hybridized carbons (Fsp3) is 0.375. The summed E-state index contributed by atoms with van der Waals surface area (Å²) in [5.41, 5.74) is 0.449. The van der Waals surface area contributed by atoms with Crippen molar-refractivity contribution in [1.82, 2.24) is 20.9 Å². The third kappa shape index (κ3) is 6.01. The fourth-order valence-corrected chi connectivity index (χ4v) is 3.38. The van der Waals surface area contributed by atoms with Gasteiger partial charge in [-0.2, -0.15) is 0 Å². The number of hydrogen-bond acceptors (Lipinski definition) is 6. The zero-order valence-electron chi connectivity index (χ0n) is 19.8. The number of urea groups is 1. The summed E-state index contributed by atoms with van der Waals surface area (Å²) in [5.74, 6) is 5.28. The number of fused-ring (bicyclic) bond motifs is 1. The molecule has 0 aliphatic carbocycles. The van der Waals surface area contributed by atoms with Crippen LogP contribution in [-0.4, -0.2) is 67.2 Å². The smallest absolute Gasteiger partial charge is 0.323 e. The van der Waals surface area contributed by atoms with Crippen molar-refractivity contribution in [2.75, 3.05) is 27.2 Å². The highest BCUT2D eigenvalue weighted by Gasteiger charge is 2.48. The van der Waals surface area contributed by atoms with Gasteiger partial charge < -0.3 is 20.3 Å². The lowest BCUT2D eigenvalue weighted by molar-refractivity contribution is -0.122. The average Bonchev–Trinajstić information content (AvgIpc) is 3.28. The van der Waals surface area contributed by atoms with Crippen molar-refractivity contribution in [3.8, 4) is 17.6 Å². The number of allylic oxidation sites excluding steroid dienone is 1. The van der Waals surface area contributed by atoms with Crippen LogP contribution in [0.2, 0.25) is 0 Å². The van der Waals surface area contributed by atoms with E-state index in [0.29, 0.717) is 36.5 Å². The van der Waals surface area contributed by atoms with Crippen molar-refractivity contribution in [2.45, 2.75) is 32.4 Å². The molecular weight excluding hydrogens is 438 g/mol. The van der Waals surface area contributed by atoms with E-state index in [9.17, 15) is 19.2 Å². The molecular formula is C24H29N5O5. The summed E-state index contributed by atoms with van der Waals surface area (Å²) in [7, 11) is 3.12. The summed E-state index contributed by atoms with van der Waals surface area (Å²) in [6, 6.07) is 4.64. The summed E-state index contributed by atoms with van der Waals surface area (Å²) in [6.07, 6.45) is 1.97. The standard InChI is InChI=1S/C18H17N3O4.C6H12N2O/c1-3-4-5-8-18(16(23)19-17(24)20-18)11-21-10-12-6-7-13(25-2)9-14(12)15(21)22;1-4-8-5(2)6(9)7-3/h3,6-7,9H,1,4,10-11H2,2H3,(H2,19,20,23,24);4H2,1-3H3,(H,7,9)/t18-;/m1./s1. The maximum absolute atomic E-state index is 12.7.